The number of hydrogen-bond acceptors (Lipinski definition) is 3. The molecule has 0 aliphatic heterocycles. The fourth-order valence-corrected chi connectivity index (χ4v) is 2.79. The van der Waals surface area contributed by atoms with Gasteiger partial charge in [-0.2, -0.15) is 0 Å². The molecule has 3 aromatic carbocycles. The lowest BCUT2D eigenvalue weighted by molar-refractivity contribution is 0.0952. The largest absolute Gasteiger partial charge is 0.493 e. The molecule has 0 spiro atoms. The standard InChI is InChI=1S/C20H19NO3/c1-23-18-12-6-9-15(19(18)24-2)13-21-20(22)17-11-5-8-14-7-3-4-10-16(14)17/h3-12H,13H2,1-2H3,(H,21,22). The van der Waals surface area contributed by atoms with Crippen LogP contribution in [-0.2, 0) is 6.54 Å². The zero-order chi connectivity index (χ0) is 16.9. The van der Waals surface area contributed by atoms with Crippen LogP contribution in [0, 0.1) is 0 Å². The van der Waals surface area contributed by atoms with E-state index in [0.29, 0.717) is 23.6 Å². The van der Waals surface area contributed by atoms with Crippen molar-refractivity contribution >= 4 is 16.7 Å². The Balaban J connectivity index is 1.83. The molecular formula is C20H19NO3. The first-order chi connectivity index (χ1) is 11.7. The van der Waals surface area contributed by atoms with Crippen molar-refractivity contribution < 1.29 is 14.3 Å². The highest BCUT2D eigenvalue weighted by Crippen LogP contribution is 2.30. The average Bonchev–Trinajstić information content (AvgIpc) is 2.65. The van der Waals surface area contributed by atoms with Gasteiger partial charge in [-0.15, -0.1) is 0 Å². The van der Waals surface area contributed by atoms with Gasteiger partial charge in [0, 0.05) is 17.7 Å². The first kappa shape index (κ1) is 15.9. The molecule has 0 aliphatic carbocycles. The predicted octanol–water partition coefficient (Wildman–Crippen LogP) is 3.79. The van der Waals surface area contributed by atoms with E-state index in [2.05, 4.69) is 5.32 Å². The molecule has 0 saturated carbocycles. The molecule has 0 unspecified atom stereocenters. The number of para-hydroxylation sites is 1. The van der Waals surface area contributed by atoms with Crippen molar-refractivity contribution in [1.82, 2.24) is 5.32 Å². The molecule has 0 fully saturated rings. The molecule has 4 heteroatoms. The van der Waals surface area contributed by atoms with Crippen LogP contribution in [0.5, 0.6) is 11.5 Å². The second-order valence-corrected chi connectivity index (χ2v) is 5.36. The molecule has 24 heavy (non-hydrogen) atoms. The summed E-state index contributed by atoms with van der Waals surface area (Å²) in [5, 5.41) is 4.94. The van der Waals surface area contributed by atoms with Crippen LogP contribution >= 0.6 is 0 Å². The third-order valence-electron chi connectivity index (χ3n) is 3.96. The fraction of sp³-hybridized carbons (Fsp3) is 0.150. The van der Waals surface area contributed by atoms with E-state index in [1.807, 2.05) is 60.7 Å². The van der Waals surface area contributed by atoms with Crippen LogP contribution in [0.1, 0.15) is 15.9 Å². The Bertz CT molecular complexity index is 868. The van der Waals surface area contributed by atoms with Crippen molar-refractivity contribution in [3.63, 3.8) is 0 Å². The number of fused-ring (bicyclic) bond motifs is 1. The van der Waals surface area contributed by atoms with E-state index < -0.39 is 0 Å². The summed E-state index contributed by atoms with van der Waals surface area (Å²) in [7, 11) is 3.18. The molecule has 122 valence electrons. The highest BCUT2D eigenvalue weighted by molar-refractivity contribution is 6.06. The van der Waals surface area contributed by atoms with E-state index in [0.717, 1.165) is 16.3 Å². The molecular weight excluding hydrogens is 302 g/mol. The topological polar surface area (TPSA) is 47.6 Å². The predicted molar refractivity (Wildman–Crippen MR) is 94.7 cm³/mol. The Morgan fingerprint density at radius 2 is 1.67 bits per heavy atom. The third-order valence-corrected chi connectivity index (χ3v) is 3.96. The van der Waals surface area contributed by atoms with Crippen molar-refractivity contribution in [3.8, 4) is 11.5 Å². The Morgan fingerprint density at radius 3 is 2.46 bits per heavy atom. The summed E-state index contributed by atoms with van der Waals surface area (Å²) in [5.74, 6) is 1.17. The Kier molecular flexibility index (Phi) is 4.66. The van der Waals surface area contributed by atoms with Gasteiger partial charge in [0.15, 0.2) is 11.5 Å². The minimum Gasteiger partial charge on any atom is -0.493 e. The van der Waals surface area contributed by atoms with Crippen molar-refractivity contribution in [1.29, 1.82) is 0 Å². The molecule has 4 nitrogen and oxygen atoms in total. The van der Waals surface area contributed by atoms with Crippen LogP contribution in [0.15, 0.2) is 60.7 Å². The fourth-order valence-electron chi connectivity index (χ4n) is 2.79. The monoisotopic (exact) mass is 321 g/mol. The molecule has 1 N–H and O–H groups in total. The average molecular weight is 321 g/mol. The molecule has 0 heterocycles. The van der Waals surface area contributed by atoms with Gasteiger partial charge in [0.1, 0.15) is 0 Å². The van der Waals surface area contributed by atoms with Crippen LogP contribution in [0.4, 0.5) is 0 Å². The van der Waals surface area contributed by atoms with Crippen LogP contribution in [-0.4, -0.2) is 20.1 Å². The molecule has 1 amide bonds. The number of amides is 1. The summed E-state index contributed by atoms with van der Waals surface area (Å²) in [6, 6.07) is 19.2. The SMILES string of the molecule is COc1cccc(CNC(=O)c2cccc3ccccc23)c1OC. The highest BCUT2D eigenvalue weighted by Gasteiger charge is 2.13. The van der Waals surface area contributed by atoms with Crippen LogP contribution in [0.2, 0.25) is 0 Å². The molecule has 0 radical (unpaired) electrons. The lowest BCUT2D eigenvalue weighted by Crippen LogP contribution is -2.23. The number of hydrogen-bond donors (Lipinski definition) is 1. The van der Waals surface area contributed by atoms with Gasteiger partial charge in [-0.3, -0.25) is 4.79 Å². The van der Waals surface area contributed by atoms with Gasteiger partial charge in [0.2, 0.25) is 0 Å². The lowest BCUT2D eigenvalue weighted by Gasteiger charge is -2.13. The Hall–Kier alpha value is -3.01. The summed E-state index contributed by atoms with van der Waals surface area (Å²) in [6.45, 7) is 0.364. The maximum absolute atomic E-state index is 12.6. The van der Waals surface area contributed by atoms with Crippen LogP contribution in [0.3, 0.4) is 0 Å². The second-order valence-electron chi connectivity index (χ2n) is 5.36. The summed E-state index contributed by atoms with van der Waals surface area (Å²) >= 11 is 0. The zero-order valence-electron chi connectivity index (χ0n) is 13.7. The number of methoxy groups -OCH3 is 2. The van der Waals surface area contributed by atoms with Crippen molar-refractivity contribution in [3.05, 3.63) is 71.8 Å². The summed E-state index contributed by atoms with van der Waals surface area (Å²) in [5.41, 5.74) is 1.53. The van der Waals surface area contributed by atoms with Crippen LogP contribution in [0.25, 0.3) is 10.8 Å². The van der Waals surface area contributed by atoms with Crippen molar-refractivity contribution in [2.24, 2.45) is 0 Å². The summed E-state index contributed by atoms with van der Waals surface area (Å²) in [4.78, 5) is 12.6. The number of carbonyl (C=O) groups excluding carboxylic acids is 1. The molecule has 0 aliphatic rings. The number of ether oxygens (including phenoxy) is 2. The van der Waals surface area contributed by atoms with Gasteiger partial charge in [-0.05, 0) is 22.9 Å². The maximum atomic E-state index is 12.6. The molecule has 0 atom stereocenters. The molecule has 0 bridgehead atoms. The summed E-state index contributed by atoms with van der Waals surface area (Å²) < 4.78 is 10.7. The van der Waals surface area contributed by atoms with Gasteiger partial charge < -0.3 is 14.8 Å². The van der Waals surface area contributed by atoms with E-state index in [1.165, 1.54) is 0 Å². The van der Waals surface area contributed by atoms with Gasteiger partial charge in [-0.25, -0.2) is 0 Å². The first-order valence-corrected chi connectivity index (χ1v) is 7.70. The van der Waals surface area contributed by atoms with E-state index in [9.17, 15) is 4.79 Å². The molecule has 0 saturated heterocycles. The van der Waals surface area contributed by atoms with Gasteiger partial charge >= 0.3 is 0 Å². The van der Waals surface area contributed by atoms with Gasteiger partial charge in [-0.1, -0.05) is 48.5 Å². The molecule has 0 aromatic heterocycles. The smallest absolute Gasteiger partial charge is 0.252 e. The van der Waals surface area contributed by atoms with Gasteiger partial charge in [0.25, 0.3) is 5.91 Å². The minimum absolute atomic E-state index is 0.114. The Labute approximate surface area is 141 Å². The number of nitrogens with one attached hydrogen (secondary N) is 1. The van der Waals surface area contributed by atoms with Gasteiger partial charge in [0.05, 0.1) is 14.2 Å². The second kappa shape index (κ2) is 7.04. The maximum Gasteiger partial charge on any atom is 0.252 e. The molecule has 3 rings (SSSR count). The van der Waals surface area contributed by atoms with Crippen molar-refractivity contribution in [2.75, 3.05) is 14.2 Å². The summed E-state index contributed by atoms with van der Waals surface area (Å²) in [6.07, 6.45) is 0. The van der Waals surface area contributed by atoms with E-state index in [1.54, 1.807) is 14.2 Å². The first-order valence-electron chi connectivity index (χ1n) is 7.70. The normalized spacial score (nSPS) is 10.4. The quantitative estimate of drug-likeness (QED) is 0.778. The highest BCUT2D eigenvalue weighted by atomic mass is 16.5. The lowest BCUT2D eigenvalue weighted by atomic mass is 10.0. The zero-order valence-corrected chi connectivity index (χ0v) is 13.7. The van der Waals surface area contributed by atoms with Crippen LogP contribution < -0.4 is 14.8 Å². The Morgan fingerprint density at radius 1 is 0.917 bits per heavy atom. The van der Waals surface area contributed by atoms with Crippen molar-refractivity contribution in [2.45, 2.75) is 6.54 Å². The minimum atomic E-state index is -0.114. The number of rotatable bonds is 5. The van der Waals surface area contributed by atoms with E-state index in [4.69, 9.17) is 9.47 Å². The van der Waals surface area contributed by atoms with E-state index in [-0.39, 0.29) is 5.91 Å². The molecule has 3 aromatic rings. The number of carbonyl (C=O) groups is 1. The number of benzene rings is 3. The van der Waals surface area contributed by atoms with E-state index >= 15 is 0 Å². The third kappa shape index (κ3) is 3.04.